The van der Waals surface area contributed by atoms with E-state index in [9.17, 15) is 14.0 Å². The monoisotopic (exact) mass is 444 g/mol. The summed E-state index contributed by atoms with van der Waals surface area (Å²) in [5.74, 6) is -0.827. The summed E-state index contributed by atoms with van der Waals surface area (Å²) in [5.41, 5.74) is 2.33. The Balaban J connectivity index is 1.39. The fraction of sp³-hybridized carbons (Fsp3) is 0.115. The molecule has 4 aromatic rings. The Bertz CT molecular complexity index is 1210. The Hall–Kier alpha value is -4.26. The summed E-state index contributed by atoms with van der Waals surface area (Å²) in [7, 11) is 0. The molecule has 166 valence electrons. The van der Waals surface area contributed by atoms with Crippen LogP contribution in [0.15, 0.2) is 95.6 Å². The first kappa shape index (κ1) is 22.0. The van der Waals surface area contributed by atoms with E-state index in [-0.39, 0.29) is 24.8 Å². The Morgan fingerprint density at radius 1 is 0.939 bits per heavy atom. The summed E-state index contributed by atoms with van der Waals surface area (Å²) in [6.07, 6.45) is 1.34. The molecule has 1 unspecified atom stereocenters. The van der Waals surface area contributed by atoms with Crippen LogP contribution in [0.4, 0.5) is 4.39 Å². The number of ether oxygens (including phenoxy) is 1. The summed E-state index contributed by atoms with van der Waals surface area (Å²) in [4.78, 5) is 29.5. The van der Waals surface area contributed by atoms with Crippen molar-refractivity contribution in [3.63, 3.8) is 0 Å². The molecule has 0 aliphatic heterocycles. The molecule has 1 N–H and O–H groups in total. The number of halogens is 1. The van der Waals surface area contributed by atoms with Crippen LogP contribution in [0, 0.1) is 5.82 Å². The number of aromatic nitrogens is 1. The average molecular weight is 444 g/mol. The molecule has 6 nitrogen and oxygen atoms in total. The third-order valence-corrected chi connectivity index (χ3v) is 4.94. The third-order valence-electron chi connectivity index (χ3n) is 4.94. The Morgan fingerprint density at radius 2 is 1.61 bits per heavy atom. The van der Waals surface area contributed by atoms with Crippen molar-refractivity contribution in [2.24, 2.45) is 0 Å². The van der Waals surface area contributed by atoms with E-state index in [0.717, 1.165) is 5.56 Å². The minimum absolute atomic E-state index is 0.0503. The fourth-order valence-electron chi connectivity index (χ4n) is 3.25. The summed E-state index contributed by atoms with van der Waals surface area (Å²) in [5, 5.41) is 2.90. The van der Waals surface area contributed by atoms with E-state index >= 15 is 0 Å². The van der Waals surface area contributed by atoms with Gasteiger partial charge in [-0.1, -0.05) is 48.5 Å². The van der Waals surface area contributed by atoms with Crippen LogP contribution in [0.25, 0.3) is 11.5 Å². The van der Waals surface area contributed by atoms with E-state index in [1.807, 2.05) is 36.4 Å². The molecule has 1 amide bonds. The maximum atomic E-state index is 13.1. The minimum atomic E-state index is -0.557. The van der Waals surface area contributed by atoms with Crippen LogP contribution in [0.1, 0.15) is 34.1 Å². The van der Waals surface area contributed by atoms with Crippen molar-refractivity contribution in [1.82, 2.24) is 10.3 Å². The predicted molar refractivity (Wildman–Crippen MR) is 119 cm³/mol. The zero-order valence-corrected chi connectivity index (χ0v) is 17.6. The number of nitrogens with zero attached hydrogens (tertiary/aromatic N) is 1. The van der Waals surface area contributed by atoms with Crippen molar-refractivity contribution < 1.29 is 23.1 Å². The highest BCUT2D eigenvalue weighted by atomic mass is 19.1. The van der Waals surface area contributed by atoms with Gasteiger partial charge in [0.15, 0.2) is 0 Å². The number of rotatable bonds is 8. The van der Waals surface area contributed by atoms with Gasteiger partial charge in [-0.2, -0.15) is 0 Å². The molecule has 4 rings (SSSR count). The van der Waals surface area contributed by atoms with Crippen molar-refractivity contribution in [2.45, 2.75) is 19.1 Å². The lowest BCUT2D eigenvalue weighted by Crippen LogP contribution is -2.30. The van der Waals surface area contributed by atoms with E-state index in [4.69, 9.17) is 9.15 Å². The zero-order valence-electron chi connectivity index (χ0n) is 17.6. The van der Waals surface area contributed by atoms with Gasteiger partial charge in [0.2, 0.25) is 5.89 Å². The Morgan fingerprint density at radius 3 is 2.30 bits per heavy atom. The van der Waals surface area contributed by atoms with Crippen molar-refractivity contribution in [3.8, 4) is 11.5 Å². The molecule has 7 heteroatoms. The van der Waals surface area contributed by atoms with Gasteiger partial charge >= 0.3 is 5.97 Å². The minimum Gasteiger partial charge on any atom is -0.459 e. The van der Waals surface area contributed by atoms with Crippen LogP contribution in [-0.4, -0.2) is 16.9 Å². The Labute approximate surface area is 190 Å². The van der Waals surface area contributed by atoms with Crippen molar-refractivity contribution in [1.29, 1.82) is 0 Å². The molecule has 0 aliphatic carbocycles. The second-order valence-corrected chi connectivity index (χ2v) is 7.32. The predicted octanol–water partition coefficient (Wildman–Crippen LogP) is 5.09. The summed E-state index contributed by atoms with van der Waals surface area (Å²) in [6, 6.07) is 23.2. The number of hydrogen-bond acceptors (Lipinski definition) is 5. The maximum Gasteiger partial charge on any atom is 0.308 e. The van der Waals surface area contributed by atoms with Crippen LogP contribution in [-0.2, 0) is 16.1 Å². The van der Waals surface area contributed by atoms with E-state index < -0.39 is 12.0 Å². The van der Waals surface area contributed by atoms with Crippen LogP contribution in [0.5, 0.6) is 0 Å². The van der Waals surface area contributed by atoms with Gasteiger partial charge in [-0.05, 0) is 42.0 Å². The van der Waals surface area contributed by atoms with Gasteiger partial charge in [0.1, 0.15) is 24.4 Å². The van der Waals surface area contributed by atoms with E-state index in [2.05, 4.69) is 10.3 Å². The summed E-state index contributed by atoms with van der Waals surface area (Å²) >= 11 is 0. The highest BCUT2D eigenvalue weighted by Crippen LogP contribution is 2.21. The van der Waals surface area contributed by atoms with E-state index in [1.165, 1.54) is 18.4 Å². The van der Waals surface area contributed by atoms with Crippen LogP contribution < -0.4 is 5.32 Å². The molecule has 1 atom stereocenters. The zero-order chi connectivity index (χ0) is 23.0. The lowest BCUT2D eigenvalue weighted by atomic mass is 10.0. The largest absolute Gasteiger partial charge is 0.459 e. The lowest BCUT2D eigenvalue weighted by molar-refractivity contribution is -0.145. The normalized spacial score (nSPS) is 11.5. The Kier molecular flexibility index (Phi) is 6.90. The summed E-state index contributed by atoms with van der Waals surface area (Å²) in [6.45, 7) is -0.0856. The molecule has 3 aromatic carbocycles. The second-order valence-electron chi connectivity index (χ2n) is 7.32. The molecule has 1 aromatic heterocycles. The number of hydrogen-bond donors (Lipinski definition) is 1. The topological polar surface area (TPSA) is 81.4 Å². The molecule has 0 fully saturated rings. The van der Waals surface area contributed by atoms with Gasteiger partial charge in [0, 0.05) is 11.1 Å². The fourth-order valence-corrected chi connectivity index (χ4v) is 3.25. The molecule has 0 bridgehead atoms. The molecule has 0 radical (unpaired) electrons. The maximum absolute atomic E-state index is 13.1. The first-order valence-corrected chi connectivity index (χ1v) is 10.4. The van der Waals surface area contributed by atoms with Gasteiger partial charge < -0.3 is 14.5 Å². The van der Waals surface area contributed by atoms with Gasteiger partial charge in [-0.25, -0.2) is 9.37 Å². The summed E-state index contributed by atoms with van der Waals surface area (Å²) < 4.78 is 23.8. The smallest absolute Gasteiger partial charge is 0.308 e. The lowest BCUT2D eigenvalue weighted by Gasteiger charge is -2.18. The number of amides is 1. The first-order chi connectivity index (χ1) is 16.1. The molecule has 0 saturated heterocycles. The number of oxazole rings is 1. The molecular weight excluding hydrogens is 423 g/mol. The average Bonchev–Trinajstić information content (AvgIpc) is 3.33. The molecular formula is C26H21FN2O4. The molecule has 0 saturated carbocycles. The van der Waals surface area contributed by atoms with Crippen molar-refractivity contribution >= 4 is 11.9 Å². The van der Waals surface area contributed by atoms with Gasteiger partial charge in [0.25, 0.3) is 5.91 Å². The first-order valence-electron chi connectivity index (χ1n) is 10.4. The number of carbonyl (C=O) groups is 2. The number of benzene rings is 3. The van der Waals surface area contributed by atoms with Gasteiger partial charge in [0.05, 0.1) is 12.5 Å². The SMILES string of the molecule is O=C(CC(NC(=O)c1ccccc1)c1ccccc1)OCc1coc(-c2ccc(F)cc2)n1. The highest BCUT2D eigenvalue weighted by Gasteiger charge is 2.20. The van der Waals surface area contributed by atoms with Gasteiger partial charge in [-0.3, -0.25) is 9.59 Å². The number of nitrogens with one attached hydrogen (secondary N) is 1. The highest BCUT2D eigenvalue weighted by molar-refractivity contribution is 5.94. The standard InChI is InChI=1S/C26H21FN2O4/c27-21-13-11-20(12-14-21)26-28-22(17-33-26)16-32-24(30)15-23(18-7-3-1-4-8-18)29-25(31)19-9-5-2-6-10-19/h1-14,17,23H,15-16H2,(H,29,31). The van der Waals surface area contributed by atoms with Gasteiger partial charge in [-0.15, -0.1) is 0 Å². The second kappa shape index (κ2) is 10.4. The van der Waals surface area contributed by atoms with Crippen LogP contribution in [0.3, 0.4) is 0 Å². The van der Waals surface area contributed by atoms with Crippen LogP contribution >= 0.6 is 0 Å². The molecule has 0 aliphatic rings. The van der Waals surface area contributed by atoms with Crippen LogP contribution in [0.2, 0.25) is 0 Å². The van der Waals surface area contributed by atoms with Crippen molar-refractivity contribution in [2.75, 3.05) is 0 Å². The molecule has 33 heavy (non-hydrogen) atoms. The van der Waals surface area contributed by atoms with E-state index in [1.54, 1.807) is 36.4 Å². The van der Waals surface area contributed by atoms with Crippen molar-refractivity contribution in [3.05, 3.63) is 114 Å². The quantitative estimate of drug-likeness (QED) is 0.383. The number of carbonyl (C=O) groups excluding carboxylic acids is 2. The third kappa shape index (κ3) is 5.92. The number of esters is 1. The molecule has 1 heterocycles. The van der Waals surface area contributed by atoms with E-state index in [0.29, 0.717) is 22.7 Å². The molecule has 0 spiro atoms.